The largest absolute Gasteiger partial charge is 0.450 e. The zero-order valence-electron chi connectivity index (χ0n) is 88.9. The van der Waals surface area contributed by atoms with Crippen molar-refractivity contribution in [1.29, 1.82) is 0 Å². The molecular formula is C98H191N15O34S3. The molecule has 0 spiro atoms. The minimum Gasteiger partial charge on any atom is -0.450 e. The topological polar surface area (TPSA) is 848 Å². The highest BCUT2D eigenvalue weighted by Crippen LogP contribution is 2.25. The Morgan fingerprint density at radius 2 is 0.540 bits per heavy atom. The third kappa shape index (κ3) is 54.8. The van der Waals surface area contributed by atoms with Crippen molar-refractivity contribution in [2.75, 3.05) is 65.5 Å². The van der Waals surface area contributed by atoms with Crippen molar-refractivity contribution in [1.82, 2.24) is 79.8 Å². The normalized spacial score (nSPS) is 30.0. The Morgan fingerprint density at radius 3 is 0.800 bits per heavy atom. The summed E-state index contributed by atoms with van der Waals surface area (Å²) >= 11 is 15.6. The van der Waals surface area contributed by atoms with Crippen LogP contribution in [0.25, 0.3) is 0 Å². The number of rotatable bonds is 56. The summed E-state index contributed by atoms with van der Waals surface area (Å²) in [6.07, 6.45) is -10.8. The highest BCUT2D eigenvalue weighted by Gasteiger charge is 2.43. The number of hydrogen-bond donors (Lipinski definition) is 45. The predicted octanol–water partition coefficient (Wildman–Crippen LogP) is -9.96. The van der Waals surface area contributed by atoms with E-state index in [0.717, 1.165) is 6.42 Å². The molecule has 0 aromatic heterocycles. The number of hydrogen-bond acceptors (Lipinski definition) is 43. The van der Waals surface area contributed by atoms with E-state index in [2.05, 4.69) is 79.8 Å². The van der Waals surface area contributed by atoms with Crippen molar-refractivity contribution in [3.63, 3.8) is 0 Å². The lowest BCUT2D eigenvalue weighted by atomic mass is 9.87. The number of alkyl carbamates (subject to hydrolysis) is 1. The molecule has 0 bridgehead atoms. The molecule has 42 unspecified atom stereocenters. The first kappa shape index (κ1) is 143. The van der Waals surface area contributed by atoms with Crippen LogP contribution in [-0.4, -0.2) is 508 Å². The van der Waals surface area contributed by atoms with Crippen LogP contribution in [0.3, 0.4) is 0 Å². The molecule has 0 heterocycles. The summed E-state index contributed by atoms with van der Waals surface area (Å²) in [5.74, 6) is -0.200. The highest BCUT2D eigenvalue weighted by molar-refractivity contribution is 7.80. The van der Waals surface area contributed by atoms with Gasteiger partial charge in [-0.15, -0.1) is 0 Å². The van der Waals surface area contributed by atoms with E-state index < -0.39 is 268 Å². The first-order valence-corrected chi connectivity index (χ1v) is 54.2. The third-order valence-corrected chi connectivity index (χ3v) is 27.4. The number of urea groups is 1. The Balaban J connectivity index is 0.000000900. The summed E-state index contributed by atoms with van der Waals surface area (Å²) in [6, 6.07) is -7.21. The fourth-order valence-electron chi connectivity index (χ4n) is 16.5. The maximum absolute atomic E-state index is 11.9. The summed E-state index contributed by atoms with van der Waals surface area (Å²) in [5.41, 5.74) is 0. The van der Waals surface area contributed by atoms with Crippen LogP contribution in [0.15, 0.2) is 48.6 Å². The molecular weight excluding hydrogens is 2030 g/mol. The van der Waals surface area contributed by atoms with E-state index in [1.165, 1.54) is 30.4 Å². The van der Waals surface area contributed by atoms with Gasteiger partial charge in [-0.25, -0.2) is 9.59 Å². The van der Waals surface area contributed by atoms with Crippen LogP contribution in [0.2, 0.25) is 0 Å². The van der Waals surface area contributed by atoms with Gasteiger partial charge in [0.25, 0.3) is 0 Å². The van der Waals surface area contributed by atoms with Gasteiger partial charge in [-0.2, -0.15) is 0 Å². The Kier molecular flexibility index (Phi) is 75.1. The number of thiocarbonyl (C=S) groups is 3. The molecule has 6 aliphatic rings. The average molecular weight is 2220 g/mol. The molecule has 2 saturated carbocycles. The second kappa shape index (κ2) is 78.9. The molecule has 6 aliphatic carbocycles. The molecule has 150 heavy (non-hydrogen) atoms. The molecule has 4 amide bonds. The van der Waals surface area contributed by atoms with Crippen LogP contribution in [0.4, 0.5) is 9.59 Å². The van der Waals surface area contributed by atoms with E-state index in [9.17, 15) is 168 Å². The van der Waals surface area contributed by atoms with Crippen molar-refractivity contribution < 1.29 is 172 Å². The van der Waals surface area contributed by atoms with E-state index in [4.69, 9.17) is 41.4 Å². The molecule has 2 fully saturated rings. The molecule has 45 N–H and O–H groups in total. The minimum atomic E-state index is -1.32. The smallest absolute Gasteiger partial charge is 0.407 e. The molecule has 880 valence electrons. The number of aliphatic hydroxyl groups is 30. The second-order valence-electron chi connectivity index (χ2n) is 38.8. The number of amides is 4. The summed E-state index contributed by atoms with van der Waals surface area (Å²) in [7, 11) is 0. The number of nitrogens with one attached hydrogen (secondary N) is 15. The van der Waals surface area contributed by atoms with Crippen LogP contribution >= 0.6 is 36.7 Å². The van der Waals surface area contributed by atoms with E-state index >= 15 is 0 Å². The summed E-state index contributed by atoms with van der Waals surface area (Å²) < 4.78 is 4.82. The van der Waals surface area contributed by atoms with Crippen LogP contribution < -0.4 is 79.8 Å². The van der Waals surface area contributed by atoms with Gasteiger partial charge in [0.05, 0.1) is 170 Å². The van der Waals surface area contributed by atoms with E-state index in [1.807, 2.05) is 48.5 Å². The quantitative estimate of drug-likeness (QED) is 0.0199. The molecule has 0 saturated heterocycles. The van der Waals surface area contributed by atoms with Crippen molar-refractivity contribution >= 4 is 69.9 Å². The van der Waals surface area contributed by atoms with Crippen LogP contribution in [0.5, 0.6) is 0 Å². The van der Waals surface area contributed by atoms with E-state index in [0.29, 0.717) is 118 Å². The number of carbonyl (C=O) groups excluding carboxylic acids is 3. The lowest BCUT2D eigenvalue weighted by Gasteiger charge is -2.37. The van der Waals surface area contributed by atoms with Gasteiger partial charge in [0.1, 0.15) is 85.5 Å². The summed E-state index contributed by atoms with van der Waals surface area (Å²) in [4.78, 5) is 35.9. The average Bonchev–Trinajstić information content (AvgIpc) is 0.858. The van der Waals surface area contributed by atoms with Gasteiger partial charge in [0, 0.05) is 116 Å². The fourth-order valence-corrected chi connectivity index (χ4v) is 17.4. The molecule has 52 heteroatoms. The van der Waals surface area contributed by atoms with Crippen molar-refractivity contribution in [3.8, 4) is 0 Å². The lowest BCUT2D eigenvalue weighted by Crippen LogP contribution is -2.59. The second-order valence-corrected chi connectivity index (χ2v) is 40.1. The van der Waals surface area contributed by atoms with Gasteiger partial charge in [-0.3, -0.25) is 4.79 Å². The third-order valence-electron chi connectivity index (χ3n) is 26.6. The van der Waals surface area contributed by atoms with Gasteiger partial charge in [0.15, 0.2) is 10.2 Å². The first-order valence-electron chi connectivity index (χ1n) is 53.0. The molecule has 0 aromatic carbocycles. The van der Waals surface area contributed by atoms with Gasteiger partial charge in [-0.1, -0.05) is 116 Å². The minimum absolute atomic E-state index is 0.0871. The highest BCUT2D eigenvalue weighted by atomic mass is 32.1. The maximum Gasteiger partial charge on any atom is 0.407 e. The molecule has 0 aliphatic heterocycles. The van der Waals surface area contributed by atoms with Gasteiger partial charge < -0.3 is 238 Å². The summed E-state index contributed by atoms with van der Waals surface area (Å²) in [6.45, 7) is 25.0. The maximum atomic E-state index is 11.9. The number of ether oxygens (including phenoxy) is 1. The van der Waals surface area contributed by atoms with Crippen molar-refractivity contribution in [2.24, 2.45) is 0 Å². The van der Waals surface area contributed by atoms with Crippen LogP contribution in [-0.2, 0) is 9.53 Å². The molecule has 49 nitrogen and oxygen atoms in total. The predicted molar refractivity (Wildman–Crippen MR) is 573 cm³/mol. The fraction of sp³-hybridized carbons (Fsp3) is 0.857. The monoisotopic (exact) mass is 2220 g/mol. The van der Waals surface area contributed by atoms with E-state index in [-0.39, 0.29) is 90.3 Å². The van der Waals surface area contributed by atoms with Crippen LogP contribution in [0, 0.1) is 0 Å². The molecule has 0 radical (unpaired) electrons. The lowest BCUT2D eigenvalue weighted by molar-refractivity contribution is -0.123. The Hall–Kier alpha value is -5.20. The Morgan fingerprint density at radius 1 is 0.287 bits per heavy atom. The molecule has 0 aromatic rings. The number of aliphatic hydroxyl groups excluding tert-OH is 30. The van der Waals surface area contributed by atoms with E-state index in [1.54, 1.807) is 52.8 Å². The van der Waals surface area contributed by atoms with Crippen molar-refractivity contribution in [3.05, 3.63) is 48.6 Å². The van der Waals surface area contributed by atoms with Gasteiger partial charge in [0.2, 0.25) is 5.91 Å². The van der Waals surface area contributed by atoms with Gasteiger partial charge >= 0.3 is 12.1 Å². The Labute approximate surface area is 898 Å². The van der Waals surface area contributed by atoms with Crippen LogP contribution in [0.1, 0.15) is 212 Å². The van der Waals surface area contributed by atoms with Gasteiger partial charge in [-0.05, 0) is 136 Å². The Bertz CT molecular complexity index is 3350. The SMILES string of the molecule is CCCC(=O)NC(CNC1C=CC(O)C(O)C1O)C(O)CC(O)CC.CCCC(=S)NC(CNC1C=CC(O)C(O)C1O)C(O)CC(O)CC.CCNC(=O)NC(CNC1C=CC(O)C(O)C1O)C(O)CC(O)CC.CCNC(=S)NC(CNC1C=CC(O)C(O)C1O)C(O)CC(O)CC.CCNC(=S)NC(CNC1CCC(O)C(O)C1O)C(O)CC(O)CC.CCOC(=O)NC(CNC1CCC(O)C(O)C1O)C(O)CC(O)CC. The number of carbonyl (C=O) groups is 3. The first-order chi connectivity index (χ1) is 70.8. The van der Waals surface area contributed by atoms with Crippen molar-refractivity contribution in [2.45, 2.75) is 467 Å². The summed E-state index contributed by atoms with van der Waals surface area (Å²) in [5, 5.41) is 341. The standard InChI is InChI=1S/C17H32N2O6.C17H32N2O5S.C16H31N3O6.C16H33N3O5S.C16H31N3O5S.C16H32N2O7/c1-3-5-15(23)19-12(14(22)8-10(20)4-2)9-18-11-6-7-13(21)17(25)16(11)24;1-3-5-15(25)19-12(14(22)8-10(20)4-2)9-18-11-6-7-13(21)17(24)16(11)23;3*1-3-9(20)7-13(22)11(19-16(25)17-4-2)8-18-10-5-6-12(21)15(24)14(10)23;1-3-9(19)7-13(21)11(18-16(24)25-4-2)8-17-10-5-6-12(20)15(23)14(10)22/h6-7,10-14,16-18,20-22,24-25H,3-5,8-9H2,1-2H3,(H,19,23);6-7,10-14,16-18,20-24H,3-5,8-9H2,1-2H3,(H,19,25);5-6,9-15,18,20-24H,3-4,7-8H2,1-2H3,(H2,17,19,25);9-15,18,20-24H,3-8H2,1-2H3,(H2,17,19,25);5-6,9-15,18,20-24H,3-4,7-8H2,1-2H3,(H2,17,19,25);9-15,17,19-23H,3-8H2,1-2H3,(H,18,24). The zero-order chi connectivity index (χ0) is 114. The molecule has 42 atom stereocenters. The molecule has 6 rings (SSSR count). The zero-order valence-corrected chi connectivity index (χ0v) is 91.3.